The molecule has 1 heterocycles. The Balaban J connectivity index is 1.18. The highest BCUT2D eigenvalue weighted by atomic mass is 16.5. The molecule has 7 nitrogen and oxygen atoms in total. The number of carbonyl (C=O) groups excluding carboxylic acids is 2. The summed E-state index contributed by atoms with van der Waals surface area (Å²) in [6.45, 7) is 0.750. The molecular weight excluding hydrogens is 432 g/mol. The van der Waals surface area contributed by atoms with E-state index in [0.717, 1.165) is 25.7 Å². The molecule has 34 heavy (non-hydrogen) atoms. The zero-order chi connectivity index (χ0) is 23.7. The highest BCUT2D eigenvalue weighted by Crippen LogP contribution is 2.44. The molecule has 0 spiro atoms. The van der Waals surface area contributed by atoms with Gasteiger partial charge in [0.2, 0.25) is 5.91 Å². The summed E-state index contributed by atoms with van der Waals surface area (Å²) in [7, 11) is 0. The molecule has 2 aliphatic carbocycles. The minimum Gasteiger partial charge on any atom is -0.480 e. The summed E-state index contributed by atoms with van der Waals surface area (Å²) >= 11 is 0. The number of fused-ring (bicyclic) bond motifs is 3. The number of carboxylic acid groups (broad SMARTS) is 1. The summed E-state index contributed by atoms with van der Waals surface area (Å²) in [5, 5.41) is 12.4. The van der Waals surface area contributed by atoms with Gasteiger partial charge in [0.25, 0.3) is 0 Å². The Kier molecular flexibility index (Phi) is 6.26. The van der Waals surface area contributed by atoms with Crippen molar-refractivity contribution in [1.29, 1.82) is 0 Å². The van der Waals surface area contributed by atoms with Crippen LogP contribution in [0, 0.1) is 5.92 Å². The van der Waals surface area contributed by atoms with Crippen molar-refractivity contribution in [1.82, 2.24) is 10.2 Å². The summed E-state index contributed by atoms with van der Waals surface area (Å²) in [6.07, 6.45) is 3.61. The van der Waals surface area contributed by atoms with E-state index in [4.69, 9.17) is 4.74 Å². The van der Waals surface area contributed by atoms with Crippen molar-refractivity contribution in [2.24, 2.45) is 5.92 Å². The molecule has 0 aromatic heterocycles. The molecule has 3 atom stereocenters. The third kappa shape index (κ3) is 4.27. The summed E-state index contributed by atoms with van der Waals surface area (Å²) < 4.78 is 5.66. The lowest BCUT2D eigenvalue weighted by molar-refractivity contribution is -0.150. The lowest BCUT2D eigenvalue weighted by atomic mass is 9.84. The number of likely N-dealkylation sites (tertiary alicyclic amines) is 1. The normalized spacial score (nSPS) is 23.8. The van der Waals surface area contributed by atoms with Gasteiger partial charge >= 0.3 is 12.1 Å². The monoisotopic (exact) mass is 462 g/mol. The first kappa shape index (κ1) is 22.4. The third-order valence-electron chi connectivity index (χ3n) is 7.51. The van der Waals surface area contributed by atoms with Crippen LogP contribution in [0.2, 0.25) is 0 Å². The van der Waals surface area contributed by atoms with Gasteiger partial charge in [-0.3, -0.25) is 4.79 Å². The Hall–Kier alpha value is -3.35. The fourth-order valence-electron chi connectivity index (χ4n) is 5.87. The minimum atomic E-state index is -0.935. The zero-order valence-corrected chi connectivity index (χ0v) is 19.1. The second kappa shape index (κ2) is 9.49. The quantitative estimate of drug-likeness (QED) is 0.696. The molecule has 5 rings (SSSR count). The topological polar surface area (TPSA) is 95.9 Å². The number of hydrogen-bond acceptors (Lipinski definition) is 4. The lowest BCUT2D eigenvalue weighted by Gasteiger charge is -2.32. The largest absolute Gasteiger partial charge is 0.480 e. The van der Waals surface area contributed by atoms with Crippen LogP contribution in [-0.4, -0.2) is 53.2 Å². The number of ether oxygens (including phenoxy) is 1. The number of alkyl carbamates (subject to hydrolysis) is 1. The zero-order valence-electron chi connectivity index (χ0n) is 19.1. The lowest BCUT2D eigenvalue weighted by Crippen LogP contribution is -2.47. The molecule has 0 bridgehead atoms. The highest BCUT2D eigenvalue weighted by molar-refractivity contribution is 5.86. The average Bonchev–Trinajstić information content (AvgIpc) is 3.46. The predicted molar refractivity (Wildman–Crippen MR) is 126 cm³/mol. The van der Waals surface area contributed by atoms with E-state index in [2.05, 4.69) is 29.6 Å². The van der Waals surface area contributed by atoms with Crippen LogP contribution in [0.4, 0.5) is 4.79 Å². The van der Waals surface area contributed by atoms with E-state index in [9.17, 15) is 19.5 Å². The van der Waals surface area contributed by atoms with Crippen molar-refractivity contribution in [3.8, 4) is 11.1 Å². The molecule has 0 radical (unpaired) electrons. The molecule has 1 saturated heterocycles. The average molecular weight is 463 g/mol. The van der Waals surface area contributed by atoms with Crippen LogP contribution in [0.25, 0.3) is 11.1 Å². The maximum Gasteiger partial charge on any atom is 0.407 e. The van der Waals surface area contributed by atoms with E-state index >= 15 is 0 Å². The number of amides is 2. The van der Waals surface area contributed by atoms with Gasteiger partial charge in [0, 0.05) is 24.4 Å². The molecule has 1 aliphatic heterocycles. The smallest absolute Gasteiger partial charge is 0.407 e. The first-order valence-electron chi connectivity index (χ1n) is 12.2. The number of carboxylic acids is 1. The van der Waals surface area contributed by atoms with Crippen LogP contribution in [0.5, 0.6) is 0 Å². The molecule has 1 saturated carbocycles. The summed E-state index contributed by atoms with van der Waals surface area (Å²) in [6, 6.07) is 15.6. The standard InChI is InChI=1S/C27H30N2O5/c30-25(29-14-6-13-24(29)26(31)32)17-7-5-8-18(15-17)28-27(33)34-16-23-21-11-3-1-9-19(21)20-10-2-4-12-22(20)23/h1-4,9-12,17-18,23-24H,5-8,13-16H2,(H,28,33)(H,31,32)/t17-,18-,24-/m1/s1. The van der Waals surface area contributed by atoms with E-state index in [-0.39, 0.29) is 30.4 Å². The van der Waals surface area contributed by atoms with Gasteiger partial charge in [-0.2, -0.15) is 0 Å². The van der Waals surface area contributed by atoms with Crippen molar-refractivity contribution in [3.63, 3.8) is 0 Å². The van der Waals surface area contributed by atoms with Crippen LogP contribution in [0.1, 0.15) is 55.6 Å². The Morgan fingerprint density at radius 3 is 2.29 bits per heavy atom. The van der Waals surface area contributed by atoms with Crippen LogP contribution >= 0.6 is 0 Å². The van der Waals surface area contributed by atoms with Crippen molar-refractivity contribution >= 4 is 18.0 Å². The van der Waals surface area contributed by atoms with E-state index < -0.39 is 18.1 Å². The number of aliphatic carboxylic acids is 1. The number of carbonyl (C=O) groups is 3. The summed E-state index contributed by atoms with van der Waals surface area (Å²) in [5.74, 6) is -1.28. The van der Waals surface area contributed by atoms with Crippen molar-refractivity contribution in [2.45, 2.75) is 56.5 Å². The number of rotatable bonds is 5. The van der Waals surface area contributed by atoms with E-state index in [1.165, 1.54) is 27.2 Å². The first-order valence-corrected chi connectivity index (χ1v) is 12.2. The molecule has 178 valence electrons. The second-order valence-electron chi connectivity index (χ2n) is 9.56. The van der Waals surface area contributed by atoms with Gasteiger partial charge in [-0.25, -0.2) is 9.59 Å². The number of nitrogens with one attached hydrogen (secondary N) is 1. The SMILES string of the molecule is O=C(N[C@@H]1CCC[C@@H](C(=O)N2CCC[C@@H]2C(=O)O)C1)OCC1c2ccccc2-c2ccccc21. The summed E-state index contributed by atoms with van der Waals surface area (Å²) in [5.41, 5.74) is 4.70. The van der Waals surface area contributed by atoms with Gasteiger partial charge in [-0.05, 0) is 54.4 Å². The summed E-state index contributed by atoms with van der Waals surface area (Å²) in [4.78, 5) is 38.7. The molecule has 2 aromatic rings. The highest BCUT2D eigenvalue weighted by Gasteiger charge is 2.39. The Labute approximate surface area is 199 Å². The maximum atomic E-state index is 13.0. The first-order chi connectivity index (χ1) is 16.5. The van der Waals surface area contributed by atoms with Crippen molar-refractivity contribution in [3.05, 3.63) is 59.7 Å². The fourth-order valence-corrected chi connectivity index (χ4v) is 5.87. The van der Waals surface area contributed by atoms with Crippen molar-refractivity contribution < 1.29 is 24.2 Å². The van der Waals surface area contributed by atoms with Gasteiger partial charge in [0.1, 0.15) is 12.6 Å². The number of nitrogens with zero attached hydrogens (tertiary/aromatic N) is 1. The van der Waals surface area contributed by atoms with Gasteiger partial charge in [0.05, 0.1) is 0 Å². The predicted octanol–water partition coefficient (Wildman–Crippen LogP) is 4.16. The van der Waals surface area contributed by atoms with Gasteiger partial charge in [-0.15, -0.1) is 0 Å². The molecule has 2 aromatic carbocycles. The molecular formula is C27H30N2O5. The third-order valence-corrected chi connectivity index (χ3v) is 7.51. The van der Waals surface area contributed by atoms with Crippen LogP contribution in [0.3, 0.4) is 0 Å². The Morgan fingerprint density at radius 2 is 1.62 bits per heavy atom. The fraction of sp³-hybridized carbons (Fsp3) is 0.444. The Morgan fingerprint density at radius 1 is 0.941 bits per heavy atom. The molecule has 0 unspecified atom stereocenters. The van der Waals surface area contributed by atoms with E-state index in [1.54, 1.807) is 0 Å². The molecule has 3 aliphatic rings. The number of hydrogen-bond donors (Lipinski definition) is 2. The van der Waals surface area contributed by atoms with Crippen LogP contribution in [-0.2, 0) is 14.3 Å². The molecule has 7 heteroatoms. The van der Waals surface area contributed by atoms with Crippen molar-refractivity contribution in [2.75, 3.05) is 13.2 Å². The molecule has 2 fully saturated rings. The van der Waals surface area contributed by atoms with Gasteiger partial charge in [-0.1, -0.05) is 55.0 Å². The molecule has 2 N–H and O–H groups in total. The minimum absolute atomic E-state index is 0.00181. The van der Waals surface area contributed by atoms with E-state index in [1.807, 2.05) is 24.3 Å². The van der Waals surface area contributed by atoms with Crippen LogP contribution in [0.15, 0.2) is 48.5 Å². The van der Waals surface area contributed by atoms with Crippen LogP contribution < -0.4 is 5.32 Å². The molecule has 2 amide bonds. The van der Waals surface area contributed by atoms with Gasteiger partial charge in [0.15, 0.2) is 0 Å². The number of benzene rings is 2. The second-order valence-corrected chi connectivity index (χ2v) is 9.56. The van der Waals surface area contributed by atoms with E-state index in [0.29, 0.717) is 19.4 Å². The van der Waals surface area contributed by atoms with Gasteiger partial charge < -0.3 is 20.1 Å². The Bertz CT molecular complexity index is 1050. The maximum absolute atomic E-state index is 13.0.